The third-order valence-electron chi connectivity index (χ3n) is 2.91. The Labute approximate surface area is 108 Å². The van der Waals surface area contributed by atoms with Crippen molar-refractivity contribution >= 4 is 0 Å². The van der Waals surface area contributed by atoms with Crippen LogP contribution in [0.2, 0.25) is 0 Å². The van der Waals surface area contributed by atoms with Gasteiger partial charge in [-0.15, -0.1) is 0 Å². The zero-order valence-corrected chi connectivity index (χ0v) is 10.7. The summed E-state index contributed by atoms with van der Waals surface area (Å²) in [6.07, 6.45) is 1.85. The fourth-order valence-corrected chi connectivity index (χ4v) is 1.95. The topological polar surface area (TPSA) is 35.2 Å². The van der Waals surface area contributed by atoms with Crippen molar-refractivity contribution in [2.45, 2.75) is 19.8 Å². The molecule has 0 aliphatic heterocycles. The van der Waals surface area contributed by atoms with E-state index in [1.165, 1.54) is 11.1 Å². The van der Waals surface area contributed by atoms with Crippen LogP contribution >= 0.6 is 0 Å². The van der Waals surface area contributed by atoms with E-state index in [4.69, 9.17) is 10.5 Å². The molecule has 2 nitrogen and oxygen atoms in total. The summed E-state index contributed by atoms with van der Waals surface area (Å²) in [6, 6.07) is 16.3. The molecule has 0 saturated heterocycles. The fraction of sp³-hybridized carbons (Fsp3) is 0.250. The van der Waals surface area contributed by atoms with Crippen LogP contribution < -0.4 is 10.5 Å². The highest BCUT2D eigenvalue weighted by molar-refractivity contribution is 5.39. The number of aryl methyl sites for hydroxylation is 1. The maximum Gasteiger partial charge on any atom is 0.130 e. The third kappa shape index (κ3) is 3.11. The molecule has 0 atom stereocenters. The van der Waals surface area contributed by atoms with Gasteiger partial charge in [-0.2, -0.15) is 0 Å². The molecule has 0 amide bonds. The van der Waals surface area contributed by atoms with Crippen molar-refractivity contribution in [3.63, 3.8) is 0 Å². The maximum atomic E-state index is 5.95. The minimum Gasteiger partial charge on any atom is -0.457 e. The number of hydrogen-bond donors (Lipinski definition) is 1. The van der Waals surface area contributed by atoms with E-state index in [1.54, 1.807) is 0 Å². The van der Waals surface area contributed by atoms with Crippen LogP contribution in [0.3, 0.4) is 0 Å². The molecule has 0 radical (unpaired) electrons. The van der Waals surface area contributed by atoms with Crippen molar-refractivity contribution in [1.29, 1.82) is 0 Å². The first kappa shape index (κ1) is 12.7. The van der Waals surface area contributed by atoms with Crippen LogP contribution in [0.15, 0.2) is 48.5 Å². The average molecular weight is 241 g/mol. The number of rotatable bonds is 5. The summed E-state index contributed by atoms with van der Waals surface area (Å²) >= 11 is 0. The molecular weight excluding hydrogens is 222 g/mol. The van der Waals surface area contributed by atoms with Gasteiger partial charge in [-0.25, -0.2) is 0 Å². The molecule has 0 heterocycles. The lowest BCUT2D eigenvalue weighted by Crippen LogP contribution is -2.02. The van der Waals surface area contributed by atoms with Gasteiger partial charge in [0.2, 0.25) is 0 Å². The van der Waals surface area contributed by atoms with Crippen LogP contribution in [0, 0.1) is 0 Å². The van der Waals surface area contributed by atoms with E-state index in [9.17, 15) is 0 Å². The molecule has 0 aliphatic carbocycles. The molecule has 94 valence electrons. The van der Waals surface area contributed by atoms with Crippen molar-refractivity contribution in [2.75, 3.05) is 6.54 Å². The molecule has 2 aromatic carbocycles. The quantitative estimate of drug-likeness (QED) is 0.869. The molecule has 2 heteroatoms. The first-order valence-electron chi connectivity index (χ1n) is 6.38. The summed E-state index contributed by atoms with van der Waals surface area (Å²) in [5, 5.41) is 0. The van der Waals surface area contributed by atoms with Gasteiger partial charge in [0.05, 0.1) is 0 Å². The summed E-state index contributed by atoms with van der Waals surface area (Å²) in [5.74, 6) is 1.81. The van der Waals surface area contributed by atoms with Crippen LogP contribution in [0.4, 0.5) is 0 Å². The van der Waals surface area contributed by atoms with Crippen molar-refractivity contribution in [3.8, 4) is 11.5 Å². The van der Waals surface area contributed by atoms with E-state index in [1.807, 2.05) is 30.3 Å². The second-order valence-electron chi connectivity index (χ2n) is 4.25. The van der Waals surface area contributed by atoms with E-state index in [0.29, 0.717) is 6.54 Å². The standard InChI is InChI=1S/C16H19NO/c1-2-14-7-3-4-9-16(14)18-15-8-5-6-13(12-15)10-11-17/h3-9,12H,2,10-11,17H2,1H3. The summed E-state index contributed by atoms with van der Waals surface area (Å²) in [5.41, 5.74) is 8.00. The average Bonchev–Trinajstić information content (AvgIpc) is 2.40. The fourth-order valence-electron chi connectivity index (χ4n) is 1.95. The molecule has 0 aromatic heterocycles. The van der Waals surface area contributed by atoms with Gasteiger partial charge in [0, 0.05) is 0 Å². The van der Waals surface area contributed by atoms with E-state index < -0.39 is 0 Å². The summed E-state index contributed by atoms with van der Waals surface area (Å²) in [4.78, 5) is 0. The van der Waals surface area contributed by atoms with Crippen LogP contribution in [-0.4, -0.2) is 6.54 Å². The molecule has 0 spiro atoms. The van der Waals surface area contributed by atoms with E-state index in [0.717, 1.165) is 24.3 Å². The molecule has 0 saturated carbocycles. The van der Waals surface area contributed by atoms with E-state index in [2.05, 4.69) is 25.1 Å². The second kappa shape index (κ2) is 6.22. The zero-order chi connectivity index (χ0) is 12.8. The van der Waals surface area contributed by atoms with Crippen LogP contribution in [-0.2, 0) is 12.8 Å². The van der Waals surface area contributed by atoms with Gasteiger partial charge in [0.1, 0.15) is 11.5 Å². The minimum atomic E-state index is 0.662. The van der Waals surface area contributed by atoms with Gasteiger partial charge >= 0.3 is 0 Å². The normalized spacial score (nSPS) is 10.3. The Hall–Kier alpha value is -1.80. The first-order valence-corrected chi connectivity index (χ1v) is 6.38. The Bertz CT molecular complexity index is 508. The number of hydrogen-bond acceptors (Lipinski definition) is 2. The Morgan fingerprint density at radius 1 is 1.06 bits per heavy atom. The number of benzene rings is 2. The Morgan fingerprint density at radius 3 is 2.67 bits per heavy atom. The Morgan fingerprint density at radius 2 is 1.89 bits per heavy atom. The zero-order valence-electron chi connectivity index (χ0n) is 10.7. The predicted molar refractivity (Wildman–Crippen MR) is 75.1 cm³/mol. The second-order valence-corrected chi connectivity index (χ2v) is 4.25. The summed E-state index contributed by atoms with van der Waals surface area (Å²) in [7, 11) is 0. The molecule has 2 aromatic rings. The smallest absolute Gasteiger partial charge is 0.130 e. The minimum absolute atomic E-state index is 0.662. The highest BCUT2D eigenvalue weighted by atomic mass is 16.5. The van der Waals surface area contributed by atoms with E-state index in [-0.39, 0.29) is 0 Å². The molecule has 0 fully saturated rings. The molecular formula is C16H19NO. The van der Waals surface area contributed by atoms with Gasteiger partial charge in [-0.05, 0) is 48.7 Å². The van der Waals surface area contributed by atoms with Gasteiger partial charge in [-0.3, -0.25) is 0 Å². The monoisotopic (exact) mass is 241 g/mol. The lowest BCUT2D eigenvalue weighted by atomic mass is 10.1. The number of ether oxygens (including phenoxy) is 1. The molecule has 0 unspecified atom stereocenters. The number of para-hydroxylation sites is 1. The highest BCUT2D eigenvalue weighted by Gasteiger charge is 2.03. The lowest BCUT2D eigenvalue weighted by molar-refractivity contribution is 0.476. The Balaban J connectivity index is 2.20. The van der Waals surface area contributed by atoms with Crippen molar-refractivity contribution in [2.24, 2.45) is 5.73 Å². The number of nitrogens with two attached hydrogens (primary N) is 1. The van der Waals surface area contributed by atoms with Crippen molar-refractivity contribution in [1.82, 2.24) is 0 Å². The van der Waals surface area contributed by atoms with Gasteiger partial charge in [-0.1, -0.05) is 37.3 Å². The molecule has 2 rings (SSSR count). The molecule has 2 N–H and O–H groups in total. The van der Waals surface area contributed by atoms with Crippen LogP contribution in [0.1, 0.15) is 18.1 Å². The molecule has 0 aliphatic rings. The lowest BCUT2D eigenvalue weighted by Gasteiger charge is -2.10. The van der Waals surface area contributed by atoms with Gasteiger partial charge in [0.15, 0.2) is 0 Å². The van der Waals surface area contributed by atoms with Gasteiger partial charge in [0.25, 0.3) is 0 Å². The van der Waals surface area contributed by atoms with Crippen LogP contribution in [0.25, 0.3) is 0 Å². The SMILES string of the molecule is CCc1ccccc1Oc1cccc(CCN)c1. The summed E-state index contributed by atoms with van der Waals surface area (Å²) < 4.78 is 5.95. The van der Waals surface area contributed by atoms with Crippen LogP contribution in [0.5, 0.6) is 11.5 Å². The van der Waals surface area contributed by atoms with Gasteiger partial charge < -0.3 is 10.5 Å². The maximum absolute atomic E-state index is 5.95. The van der Waals surface area contributed by atoms with Crippen molar-refractivity contribution in [3.05, 3.63) is 59.7 Å². The predicted octanol–water partition coefficient (Wildman–Crippen LogP) is 3.54. The highest BCUT2D eigenvalue weighted by Crippen LogP contribution is 2.26. The van der Waals surface area contributed by atoms with Crippen molar-refractivity contribution < 1.29 is 4.74 Å². The van der Waals surface area contributed by atoms with E-state index >= 15 is 0 Å². The largest absolute Gasteiger partial charge is 0.457 e. The molecule has 0 bridgehead atoms. The third-order valence-corrected chi connectivity index (χ3v) is 2.91. The first-order chi connectivity index (χ1) is 8.83. The summed E-state index contributed by atoms with van der Waals surface area (Å²) in [6.45, 7) is 2.79. The molecule has 18 heavy (non-hydrogen) atoms. The Kier molecular flexibility index (Phi) is 4.37.